The van der Waals surface area contributed by atoms with Crippen LogP contribution in [-0.2, 0) is 6.42 Å². The number of nitrogens with zero attached hydrogens (tertiary/aromatic N) is 2. The van der Waals surface area contributed by atoms with Crippen LogP contribution in [0.4, 0.5) is 19.0 Å². The maximum absolute atomic E-state index is 12.6. The van der Waals surface area contributed by atoms with Gasteiger partial charge in [-0.2, -0.15) is 18.3 Å². The van der Waals surface area contributed by atoms with E-state index in [4.69, 9.17) is 0 Å². The molecule has 2 rings (SSSR count). The van der Waals surface area contributed by atoms with E-state index in [2.05, 4.69) is 10.4 Å². The lowest BCUT2D eigenvalue weighted by atomic mass is 10.1. The molecule has 0 amide bonds. The Kier molecular flexibility index (Phi) is 2.36. The summed E-state index contributed by atoms with van der Waals surface area (Å²) in [6.07, 6.45) is -1.98. The lowest BCUT2D eigenvalue weighted by Gasteiger charge is -2.27. The second kappa shape index (κ2) is 3.43. The highest BCUT2D eigenvalue weighted by molar-refractivity contribution is 5.45. The molecular weight excluding hydrogens is 207 g/mol. The molecule has 1 unspecified atom stereocenters. The number of anilines is 1. The Labute approximate surface area is 85.3 Å². The van der Waals surface area contributed by atoms with Gasteiger partial charge < -0.3 is 5.32 Å². The molecule has 6 heteroatoms. The minimum Gasteiger partial charge on any atom is -0.370 e. The van der Waals surface area contributed by atoms with E-state index >= 15 is 0 Å². The third kappa shape index (κ3) is 1.68. The van der Waals surface area contributed by atoms with Crippen LogP contribution in [0.25, 0.3) is 0 Å². The van der Waals surface area contributed by atoms with Crippen LogP contribution in [0.3, 0.4) is 0 Å². The van der Waals surface area contributed by atoms with Gasteiger partial charge in [-0.3, -0.25) is 0 Å². The molecule has 84 valence electrons. The van der Waals surface area contributed by atoms with Crippen molar-refractivity contribution in [1.82, 2.24) is 9.78 Å². The van der Waals surface area contributed by atoms with Gasteiger partial charge in [0.05, 0.1) is 6.20 Å². The predicted octanol–water partition coefficient (Wildman–Crippen LogP) is 2.36. The topological polar surface area (TPSA) is 29.9 Å². The standard InChI is InChI=1S/C9H12F3N3/c1-2-6-5-14-15-7(9(10,11)12)3-4-13-8(6)15/h5,7,13H,2-4H2,1H3. The molecule has 0 bridgehead atoms. The Morgan fingerprint density at radius 3 is 2.93 bits per heavy atom. The number of aryl methyl sites for hydroxylation is 1. The number of nitrogens with one attached hydrogen (secondary N) is 1. The maximum atomic E-state index is 12.6. The van der Waals surface area contributed by atoms with Crippen molar-refractivity contribution in [3.63, 3.8) is 0 Å². The van der Waals surface area contributed by atoms with Gasteiger partial charge in [-0.05, 0) is 12.8 Å². The molecule has 1 aromatic rings. The van der Waals surface area contributed by atoms with E-state index in [-0.39, 0.29) is 6.42 Å². The van der Waals surface area contributed by atoms with Crippen LogP contribution in [0, 0.1) is 0 Å². The van der Waals surface area contributed by atoms with Crippen molar-refractivity contribution in [3.8, 4) is 0 Å². The summed E-state index contributed by atoms with van der Waals surface area (Å²) in [7, 11) is 0. The first-order valence-corrected chi connectivity index (χ1v) is 4.91. The summed E-state index contributed by atoms with van der Waals surface area (Å²) in [4.78, 5) is 0. The Morgan fingerprint density at radius 1 is 1.60 bits per heavy atom. The number of halogens is 3. The van der Waals surface area contributed by atoms with Crippen LogP contribution in [0.5, 0.6) is 0 Å². The first-order chi connectivity index (χ1) is 7.04. The summed E-state index contributed by atoms with van der Waals surface area (Å²) >= 11 is 0. The normalized spacial score (nSPS) is 20.9. The zero-order valence-electron chi connectivity index (χ0n) is 8.30. The molecule has 0 aromatic carbocycles. The number of alkyl halides is 3. The molecule has 1 N–H and O–H groups in total. The molecule has 2 heterocycles. The summed E-state index contributed by atoms with van der Waals surface area (Å²) < 4.78 is 39.0. The highest BCUT2D eigenvalue weighted by atomic mass is 19.4. The molecule has 15 heavy (non-hydrogen) atoms. The van der Waals surface area contributed by atoms with E-state index < -0.39 is 12.2 Å². The molecule has 0 saturated heterocycles. The van der Waals surface area contributed by atoms with E-state index in [0.717, 1.165) is 10.2 Å². The van der Waals surface area contributed by atoms with Crippen molar-refractivity contribution in [1.29, 1.82) is 0 Å². The Bertz CT molecular complexity index is 356. The quantitative estimate of drug-likeness (QED) is 0.785. The SMILES string of the molecule is CCc1cnn2c1NCCC2C(F)(F)F. The molecule has 1 atom stereocenters. The fourth-order valence-electron chi connectivity index (χ4n) is 1.84. The second-order valence-corrected chi connectivity index (χ2v) is 3.59. The summed E-state index contributed by atoms with van der Waals surface area (Å²) in [6.45, 7) is 2.25. The lowest BCUT2D eigenvalue weighted by molar-refractivity contribution is -0.171. The molecule has 1 aromatic heterocycles. The fourth-order valence-corrected chi connectivity index (χ4v) is 1.84. The first kappa shape index (κ1) is 10.3. The van der Waals surface area contributed by atoms with Gasteiger partial charge >= 0.3 is 6.18 Å². The van der Waals surface area contributed by atoms with E-state index in [1.807, 2.05) is 6.92 Å². The van der Waals surface area contributed by atoms with Gasteiger partial charge in [0.2, 0.25) is 0 Å². The monoisotopic (exact) mass is 219 g/mol. The molecular formula is C9H12F3N3. The third-order valence-electron chi connectivity index (χ3n) is 2.64. The minimum absolute atomic E-state index is 0.0430. The Morgan fingerprint density at radius 2 is 2.33 bits per heavy atom. The summed E-state index contributed by atoms with van der Waals surface area (Å²) in [5.74, 6) is 0.520. The molecule has 0 saturated carbocycles. The number of hydrogen-bond donors (Lipinski definition) is 1. The van der Waals surface area contributed by atoms with Gasteiger partial charge in [0, 0.05) is 12.1 Å². The number of hydrogen-bond acceptors (Lipinski definition) is 2. The van der Waals surface area contributed by atoms with Gasteiger partial charge in [-0.1, -0.05) is 6.92 Å². The second-order valence-electron chi connectivity index (χ2n) is 3.59. The number of aromatic nitrogens is 2. The van der Waals surface area contributed by atoms with Crippen LogP contribution < -0.4 is 5.32 Å². The van der Waals surface area contributed by atoms with Crippen molar-refractivity contribution in [2.24, 2.45) is 0 Å². The largest absolute Gasteiger partial charge is 0.410 e. The molecule has 3 nitrogen and oxygen atoms in total. The van der Waals surface area contributed by atoms with E-state index in [1.165, 1.54) is 6.20 Å². The van der Waals surface area contributed by atoms with Crippen LogP contribution in [0.1, 0.15) is 24.9 Å². The van der Waals surface area contributed by atoms with Crippen LogP contribution in [-0.4, -0.2) is 22.5 Å². The highest BCUT2D eigenvalue weighted by Gasteiger charge is 2.44. The van der Waals surface area contributed by atoms with E-state index in [0.29, 0.717) is 18.8 Å². The van der Waals surface area contributed by atoms with E-state index in [9.17, 15) is 13.2 Å². The van der Waals surface area contributed by atoms with Gasteiger partial charge in [0.15, 0.2) is 6.04 Å². The number of rotatable bonds is 1. The lowest BCUT2D eigenvalue weighted by Crippen LogP contribution is -2.34. The molecule has 0 radical (unpaired) electrons. The average molecular weight is 219 g/mol. The van der Waals surface area contributed by atoms with Crippen molar-refractivity contribution >= 4 is 5.82 Å². The molecule has 0 spiro atoms. The number of fused-ring (bicyclic) bond motifs is 1. The van der Waals surface area contributed by atoms with Crippen molar-refractivity contribution in [2.75, 3.05) is 11.9 Å². The first-order valence-electron chi connectivity index (χ1n) is 4.91. The maximum Gasteiger partial charge on any atom is 0.410 e. The third-order valence-corrected chi connectivity index (χ3v) is 2.64. The smallest absolute Gasteiger partial charge is 0.370 e. The summed E-state index contributed by atoms with van der Waals surface area (Å²) in [6, 6.07) is -1.48. The zero-order chi connectivity index (χ0) is 11.1. The Hall–Kier alpha value is -1.20. The van der Waals surface area contributed by atoms with Crippen molar-refractivity contribution in [2.45, 2.75) is 32.0 Å². The van der Waals surface area contributed by atoms with Crippen LogP contribution in [0.15, 0.2) is 6.20 Å². The van der Waals surface area contributed by atoms with Gasteiger partial charge in [-0.15, -0.1) is 0 Å². The van der Waals surface area contributed by atoms with Gasteiger partial charge in [-0.25, -0.2) is 4.68 Å². The van der Waals surface area contributed by atoms with E-state index in [1.54, 1.807) is 0 Å². The average Bonchev–Trinajstić information content (AvgIpc) is 2.58. The summed E-state index contributed by atoms with van der Waals surface area (Å²) in [5, 5.41) is 6.77. The molecule has 0 aliphatic carbocycles. The molecule has 0 fully saturated rings. The Balaban J connectivity index is 2.39. The predicted molar refractivity (Wildman–Crippen MR) is 49.8 cm³/mol. The highest BCUT2D eigenvalue weighted by Crippen LogP contribution is 2.38. The van der Waals surface area contributed by atoms with Crippen molar-refractivity contribution < 1.29 is 13.2 Å². The fraction of sp³-hybridized carbons (Fsp3) is 0.667. The minimum atomic E-state index is -4.21. The summed E-state index contributed by atoms with van der Waals surface area (Å²) in [5.41, 5.74) is 0.837. The van der Waals surface area contributed by atoms with Crippen molar-refractivity contribution in [3.05, 3.63) is 11.8 Å². The van der Waals surface area contributed by atoms with Gasteiger partial charge in [0.1, 0.15) is 5.82 Å². The van der Waals surface area contributed by atoms with Crippen LogP contribution >= 0.6 is 0 Å². The van der Waals surface area contributed by atoms with Gasteiger partial charge in [0.25, 0.3) is 0 Å². The molecule has 1 aliphatic rings. The van der Waals surface area contributed by atoms with Crippen LogP contribution in [0.2, 0.25) is 0 Å². The molecule has 1 aliphatic heterocycles. The zero-order valence-corrected chi connectivity index (χ0v) is 8.30.